The quantitative estimate of drug-likeness (QED) is 0.753. The van der Waals surface area contributed by atoms with Gasteiger partial charge in [0.05, 0.1) is 11.1 Å². The molecule has 4 N–H and O–H groups in total. The molecule has 1 aromatic rings. The number of nitriles is 1. The number of amides is 1. The van der Waals surface area contributed by atoms with Gasteiger partial charge in [-0.15, -0.1) is 0 Å². The average Bonchev–Trinajstić information content (AvgIpc) is 2.43. The Morgan fingerprint density at radius 2 is 2.14 bits per heavy atom. The first-order valence-electron chi connectivity index (χ1n) is 7.09. The number of hydrogen-bond acceptors (Lipinski definition) is 4. The summed E-state index contributed by atoms with van der Waals surface area (Å²) >= 11 is 0. The Balaban J connectivity index is 3.11. The molecule has 1 amide bonds. The topological polar surface area (TPSA) is 102 Å². The molecule has 1 atom stereocenters. The van der Waals surface area contributed by atoms with Gasteiger partial charge in [0.1, 0.15) is 23.5 Å². The lowest BCUT2D eigenvalue weighted by Gasteiger charge is -2.32. The molecule has 1 rings (SSSR count). The summed E-state index contributed by atoms with van der Waals surface area (Å²) in [6, 6.07) is 7.09. The van der Waals surface area contributed by atoms with E-state index in [4.69, 9.17) is 16.2 Å². The van der Waals surface area contributed by atoms with Crippen LogP contribution in [0.25, 0.3) is 0 Å². The highest BCUT2D eigenvalue weighted by Crippen LogP contribution is 2.32. The van der Waals surface area contributed by atoms with Crippen molar-refractivity contribution < 1.29 is 9.53 Å². The standard InChI is InChI=1S/C16H23N3O2/c1-4-5-9-14(16(2,3)15(19)20)21-13-8-6-7-12(18)11(13)10-17/h6-8,14H,4-5,9,18H2,1-3H3,(H2,19,20). The Bertz CT molecular complexity index is 547. The van der Waals surface area contributed by atoms with E-state index in [9.17, 15) is 10.1 Å². The second-order valence-electron chi connectivity index (χ2n) is 5.67. The fourth-order valence-electron chi connectivity index (χ4n) is 2.03. The number of primary amides is 1. The molecule has 5 heteroatoms. The number of benzene rings is 1. The second kappa shape index (κ2) is 6.98. The zero-order valence-electron chi connectivity index (χ0n) is 12.8. The SMILES string of the molecule is CCCCC(Oc1cccc(N)c1C#N)C(C)(C)C(N)=O. The van der Waals surface area contributed by atoms with Crippen molar-refractivity contribution in [3.05, 3.63) is 23.8 Å². The molecule has 0 aliphatic heterocycles. The van der Waals surface area contributed by atoms with Gasteiger partial charge in [-0.05, 0) is 32.4 Å². The Morgan fingerprint density at radius 1 is 1.48 bits per heavy atom. The third-order valence-corrected chi connectivity index (χ3v) is 3.70. The predicted octanol–water partition coefficient (Wildman–Crippen LogP) is 2.59. The fraction of sp³-hybridized carbons (Fsp3) is 0.500. The first kappa shape index (κ1) is 16.8. The van der Waals surface area contributed by atoms with Crippen LogP contribution in [0.2, 0.25) is 0 Å². The van der Waals surface area contributed by atoms with Gasteiger partial charge >= 0.3 is 0 Å². The van der Waals surface area contributed by atoms with E-state index in [1.165, 1.54) is 0 Å². The fourth-order valence-corrected chi connectivity index (χ4v) is 2.03. The van der Waals surface area contributed by atoms with Crippen LogP contribution in [-0.2, 0) is 4.79 Å². The summed E-state index contributed by atoms with van der Waals surface area (Å²) in [6.45, 7) is 5.58. The number of ether oxygens (including phenoxy) is 1. The highest BCUT2D eigenvalue weighted by atomic mass is 16.5. The summed E-state index contributed by atoms with van der Waals surface area (Å²) in [5, 5.41) is 9.20. The van der Waals surface area contributed by atoms with Crippen molar-refractivity contribution >= 4 is 11.6 Å². The Morgan fingerprint density at radius 3 is 2.67 bits per heavy atom. The van der Waals surface area contributed by atoms with E-state index in [2.05, 4.69) is 6.92 Å². The minimum Gasteiger partial charge on any atom is -0.488 e. The molecule has 1 aromatic carbocycles. The van der Waals surface area contributed by atoms with Crippen molar-refractivity contribution in [1.29, 1.82) is 5.26 Å². The molecule has 114 valence electrons. The maximum atomic E-state index is 11.7. The number of nitrogens with zero attached hydrogens (tertiary/aromatic N) is 1. The van der Waals surface area contributed by atoms with Crippen molar-refractivity contribution in [3.63, 3.8) is 0 Å². The van der Waals surface area contributed by atoms with Crippen molar-refractivity contribution in [2.24, 2.45) is 11.1 Å². The van der Waals surface area contributed by atoms with Gasteiger partial charge < -0.3 is 16.2 Å². The van der Waals surface area contributed by atoms with Crippen molar-refractivity contribution in [2.45, 2.75) is 46.1 Å². The number of anilines is 1. The number of carbonyl (C=O) groups is 1. The second-order valence-corrected chi connectivity index (χ2v) is 5.67. The molecule has 5 nitrogen and oxygen atoms in total. The van der Waals surface area contributed by atoms with Gasteiger partial charge in [0.15, 0.2) is 0 Å². The maximum absolute atomic E-state index is 11.7. The summed E-state index contributed by atoms with van der Waals surface area (Å²) in [5.74, 6) is -0.0288. The minimum absolute atomic E-state index is 0.291. The normalized spacial score (nSPS) is 12.5. The van der Waals surface area contributed by atoms with Gasteiger partial charge in [0.25, 0.3) is 0 Å². The molecule has 21 heavy (non-hydrogen) atoms. The number of carbonyl (C=O) groups excluding carboxylic acids is 1. The highest BCUT2D eigenvalue weighted by molar-refractivity contribution is 5.80. The van der Waals surface area contributed by atoms with Crippen LogP contribution in [0.5, 0.6) is 5.75 Å². The van der Waals surface area contributed by atoms with Gasteiger partial charge in [0.2, 0.25) is 5.91 Å². The van der Waals surface area contributed by atoms with Crippen LogP contribution < -0.4 is 16.2 Å². The monoisotopic (exact) mass is 289 g/mol. The number of nitrogen functional groups attached to an aromatic ring is 1. The average molecular weight is 289 g/mol. The van der Waals surface area contributed by atoms with E-state index in [-0.39, 0.29) is 0 Å². The van der Waals surface area contributed by atoms with Crippen molar-refractivity contribution in [3.8, 4) is 11.8 Å². The molecule has 0 aliphatic carbocycles. The third-order valence-electron chi connectivity index (χ3n) is 3.70. The number of nitrogens with two attached hydrogens (primary N) is 2. The molecule has 0 fully saturated rings. The van der Waals surface area contributed by atoms with Crippen LogP contribution in [0, 0.1) is 16.7 Å². The van der Waals surface area contributed by atoms with Crippen molar-refractivity contribution in [1.82, 2.24) is 0 Å². The van der Waals surface area contributed by atoms with E-state index in [0.29, 0.717) is 23.4 Å². The van der Waals surface area contributed by atoms with Crippen LogP contribution in [0.15, 0.2) is 18.2 Å². The van der Waals surface area contributed by atoms with E-state index in [0.717, 1.165) is 12.8 Å². The van der Waals surface area contributed by atoms with Gasteiger partial charge in [-0.2, -0.15) is 5.26 Å². The van der Waals surface area contributed by atoms with Crippen LogP contribution in [0.1, 0.15) is 45.6 Å². The van der Waals surface area contributed by atoms with E-state index in [1.807, 2.05) is 6.07 Å². The van der Waals surface area contributed by atoms with E-state index < -0.39 is 17.4 Å². The molecule has 0 saturated heterocycles. The lowest BCUT2D eigenvalue weighted by molar-refractivity contribution is -0.131. The molecule has 0 heterocycles. The number of unbranched alkanes of at least 4 members (excludes halogenated alkanes) is 1. The van der Waals surface area contributed by atoms with E-state index in [1.54, 1.807) is 32.0 Å². The first-order chi connectivity index (χ1) is 9.84. The zero-order valence-corrected chi connectivity index (χ0v) is 12.8. The smallest absolute Gasteiger partial charge is 0.226 e. The highest BCUT2D eigenvalue weighted by Gasteiger charge is 2.37. The maximum Gasteiger partial charge on any atom is 0.226 e. The minimum atomic E-state index is -0.827. The van der Waals surface area contributed by atoms with Crippen LogP contribution in [-0.4, -0.2) is 12.0 Å². The number of hydrogen-bond donors (Lipinski definition) is 2. The molecule has 0 aromatic heterocycles. The molecule has 1 unspecified atom stereocenters. The molecule has 0 saturated carbocycles. The molecule has 0 spiro atoms. The summed E-state index contributed by atoms with van der Waals surface area (Å²) in [4.78, 5) is 11.7. The molecule has 0 bridgehead atoms. The van der Waals surface area contributed by atoms with Gasteiger partial charge in [-0.1, -0.05) is 25.8 Å². The molecule has 0 radical (unpaired) electrons. The van der Waals surface area contributed by atoms with Crippen LogP contribution in [0.3, 0.4) is 0 Å². The third kappa shape index (κ3) is 3.88. The first-order valence-corrected chi connectivity index (χ1v) is 7.09. The lowest BCUT2D eigenvalue weighted by Crippen LogP contribution is -2.45. The summed E-state index contributed by atoms with van der Waals surface area (Å²) < 4.78 is 5.94. The van der Waals surface area contributed by atoms with Gasteiger partial charge in [-0.25, -0.2) is 0 Å². The van der Waals surface area contributed by atoms with E-state index >= 15 is 0 Å². The Kier molecular flexibility index (Phi) is 5.60. The van der Waals surface area contributed by atoms with Crippen molar-refractivity contribution in [2.75, 3.05) is 5.73 Å². The number of rotatable bonds is 7. The Hall–Kier alpha value is -2.22. The predicted molar refractivity (Wildman–Crippen MR) is 82.5 cm³/mol. The Labute approximate surface area is 125 Å². The summed E-state index contributed by atoms with van der Waals surface area (Å²) in [5.41, 5.74) is 11.1. The largest absolute Gasteiger partial charge is 0.488 e. The lowest BCUT2D eigenvalue weighted by atomic mass is 9.83. The molecule has 0 aliphatic rings. The summed E-state index contributed by atoms with van der Waals surface area (Å²) in [7, 11) is 0. The zero-order chi connectivity index (χ0) is 16.0. The molecular weight excluding hydrogens is 266 g/mol. The van der Waals surface area contributed by atoms with Gasteiger partial charge in [0, 0.05) is 0 Å². The van der Waals surface area contributed by atoms with Crippen LogP contribution in [0.4, 0.5) is 5.69 Å². The molecular formula is C16H23N3O2. The summed E-state index contributed by atoms with van der Waals surface area (Å²) in [6.07, 6.45) is 2.18. The van der Waals surface area contributed by atoms with Gasteiger partial charge in [-0.3, -0.25) is 4.79 Å². The van der Waals surface area contributed by atoms with Crippen LogP contribution >= 0.6 is 0 Å².